The van der Waals surface area contributed by atoms with Crippen molar-refractivity contribution in [1.82, 2.24) is 0 Å². The molecule has 0 spiro atoms. The van der Waals surface area contributed by atoms with Gasteiger partial charge in [-0.2, -0.15) is 0 Å². The molecule has 82 valence electrons. The van der Waals surface area contributed by atoms with Gasteiger partial charge in [-0.3, -0.25) is 0 Å². The fourth-order valence-corrected chi connectivity index (χ4v) is 3.61. The van der Waals surface area contributed by atoms with Gasteiger partial charge in [0.25, 0.3) is 0 Å². The van der Waals surface area contributed by atoms with Crippen molar-refractivity contribution >= 4 is 0 Å². The lowest BCUT2D eigenvalue weighted by Crippen LogP contribution is -2.34. The molecule has 2 unspecified atom stereocenters. The molecule has 0 bridgehead atoms. The smallest absolute Gasteiger partial charge is 0.0601 e. The van der Waals surface area contributed by atoms with Gasteiger partial charge in [0.1, 0.15) is 0 Å². The second kappa shape index (κ2) is 3.84. The summed E-state index contributed by atoms with van der Waals surface area (Å²) in [6, 6.07) is 0. The van der Waals surface area contributed by atoms with E-state index in [4.69, 9.17) is 0 Å². The van der Waals surface area contributed by atoms with Crippen LogP contribution in [0.4, 0.5) is 0 Å². The minimum Gasteiger partial charge on any atom is -0.393 e. The van der Waals surface area contributed by atoms with Crippen molar-refractivity contribution in [3.8, 4) is 0 Å². The van der Waals surface area contributed by atoms with Crippen LogP contribution < -0.4 is 0 Å². The summed E-state index contributed by atoms with van der Waals surface area (Å²) < 4.78 is 0. The zero-order chi connectivity index (χ0) is 10.2. The lowest BCUT2D eigenvalue weighted by atomic mass is 9.75. The summed E-state index contributed by atoms with van der Waals surface area (Å²) in [6.07, 6.45) is 9.11. The summed E-state index contributed by atoms with van der Waals surface area (Å²) in [6.45, 7) is 4.67. The normalized spacial score (nSPS) is 34.9. The number of aliphatic hydroxyl groups excluding tert-OH is 1. The maximum Gasteiger partial charge on any atom is 0.0601 e. The molecule has 1 N–H and O–H groups in total. The molecule has 2 saturated carbocycles. The van der Waals surface area contributed by atoms with Crippen LogP contribution >= 0.6 is 0 Å². The van der Waals surface area contributed by atoms with Crippen LogP contribution in [0, 0.1) is 17.3 Å². The summed E-state index contributed by atoms with van der Waals surface area (Å²) in [4.78, 5) is 0. The molecule has 0 aromatic carbocycles. The zero-order valence-corrected chi connectivity index (χ0v) is 9.63. The molecule has 0 amide bonds. The van der Waals surface area contributed by atoms with Crippen LogP contribution in [0.3, 0.4) is 0 Å². The predicted octanol–water partition coefficient (Wildman–Crippen LogP) is 3.36. The number of aliphatic hydroxyl groups is 1. The van der Waals surface area contributed by atoms with E-state index in [1.165, 1.54) is 44.9 Å². The standard InChI is InChI=1S/C13H24O/c1-13(2)9-5-8-11(13)12(14)10-6-3-4-7-10/h10-12,14H,3-9H2,1-2H3. The first-order chi connectivity index (χ1) is 6.61. The third kappa shape index (κ3) is 1.84. The van der Waals surface area contributed by atoms with Crippen molar-refractivity contribution in [3.05, 3.63) is 0 Å². The molecule has 1 heteroatoms. The number of hydrogen-bond donors (Lipinski definition) is 1. The van der Waals surface area contributed by atoms with E-state index in [0.717, 1.165) is 0 Å². The van der Waals surface area contributed by atoms with Crippen LogP contribution in [0.5, 0.6) is 0 Å². The van der Waals surface area contributed by atoms with Gasteiger partial charge >= 0.3 is 0 Å². The average Bonchev–Trinajstić information content (AvgIpc) is 2.71. The van der Waals surface area contributed by atoms with Gasteiger partial charge in [-0.05, 0) is 42.9 Å². The summed E-state index contributed by atoms with van der Waals surface area (Å²) in [5, 5.41) is 10.4. The van der Waals surface area contributed by atoms with Gasteiger partial charge in [-0.25, -0.2) is 0 Å². The molecule has 2 aliphatic rings. The van der Waals surface area contributed by atoms with Crippen molar-refractivity contribution < 1.29 is 5.11 Å². The summed E-state index contributed by atoms with van der Waals surface area (Å²) in [7, 11) is 0. The van der Waals surface area contributed by atoms with Crippen LogP contribution in [-0.4, -0.2) is 11.2 Å². The Bertz CT molecular complexity index is 191. The van der Waals surface area contributed by atoms with E-state index in [0.29, 0.717) is 17.3 Å². The van der Waals surface area contributed by atoms with E-state index in [2.05, 4.69) is 13.8 Å². The van der Waals surface area contributed by atoms with Crippen molar-refractivity contribution in [3.63, 3.8) is 0 Å². The molecule has 1 nitrogen and oxygen atoms in total. The lowest BCUT2D eigenvalue weighted by Gasteiger charge is -2.34. The molecular weight excluding hydrogens is 172 g/mol. The third-order valence-electron chi connectivity index (χ3n) is 4.64. The zero-order valence-electron chi connectivity index (χ0n) is 9.63. The van der Waals surface area contributed by atoms with Crippen LogP contribution in [0.1, 0.15) is 58.8 Å². The SMILES string of the molecule is CC1(C)CCCC1C(O)C1CCCC1. The topological polar surface area (TPSA) is 20.2 Å². The molecule has 0 aromatic heterocycles. The molecule has 0 aromatic rings. The van der Waals surface area contributed by atoms with E-state index in [1.807, 2.05) is 0 Å². The molecular formula is C13H24O. The fourth-order valence-electron chi connectivity index (χ4n) is 3.61. The quantitative estimate of drug-likeness (QED) is 0.718. The van der Waals surface area contributed by atoms with Gasteiger partial charge < -0.3 is 5.11 Å². The molecule has 0 saturated heterocycles. The van der Waals surface area contributed by atoms with Gasteiger partial charge in [0.15, 0.2) is 0 Å². The van der Waals surface area contributed by atoms with Crippen molar-refractivity contribution in [1.29, 1.82) is 0 Å². The molecule has 2 rings (SSSR count). The van der Waals surface area contributed by atoms with Crippen molar-refractivity contribution in [2.24, 2.45) is 17.3 Å². The van der Waals surface area contributed by atoms with E-state index >= 15 is 0 Å². The highest BCUT2D eigenvalue weighted by Gasteiger charge is 2.41. The molecule has 2 atom stereocenters. The Morgan fingerprint density at radius 3 is 2.21 bits per heavy atom. The Morgan fingerprint density at radius 1 is 1.07 bits per heavy atom. The second-order valence-corrected chi connectivity index (χ2v) is 6.02. The maximum absolute atomic E-state index is 10.4. The predicted molar refractivity (Wildman–Crippen MR) is 59.1 cm³/mol. The van der Waals surface area contributed by atoms with Gasteiger partial charge in [-0.15, -0.1) is 0 Å². The fraction of sp³-hybridized carbons (Fsp3) is 1.00. The van der Waals surface area contributed by atoms with Gasteiger partial charge in [-0.1, -0.05) is 33.1 Å². The van der Waals surface area contributed by atoms with Crippen molar-refractivity contribution in [2.75, 3.05) is 0 Å². The minimum atomic E-state index is -0.00463. The first kappa shape index (κ1) is 10.5. The van der Waals surface area contributed by atoms with E-state index < -0.39 is 0 Å². The summed E-state index contributed by atoms with van der Waals surface area (Å²) in [5.74, 6) is 1.20. The van der Waals surface area contributed by atoms with E-state index in [9.17, 15) is 5.11 Å². The molecule has 0 heterocycles. The van der Waals surface area contributed by atoms with Gasteiger partial charge in [0, 0.05) is 0 Å². The highest BCUT2D eigenvalue weighted by Crippen LogP contribution is 2.47. The average molecular weight is 196 g/mol. The highest BCUT2D eigenvalue weighted by molar-refractivity contribution is 4.92. The van der Waals surface area contributed by atoms with Crippen LogP contribution in [0.2, 0.25) is 0 Å². The van der Waals surface area contributed by atoms with Gasteiger partial charge in [0.05, 0.1) is 6.10 Å². The largest absolute Gasteiger partial charge is 0.393 e. The molecule has 2 aliphatic carbocycles. The maximum atomic E-state index is 10.4. The Labute approximate surface area is 87.9 Å². The molecule has 0 radical (unpaired) electrons. The molecule has 2 fully saturated rings. The Hall–Kier alpha value is -0.0400. The molecule has 0 aliphatic heterocycles. The third-order valence-corrected chi connectivity index (χ3v) is 4.64. The lowest BCUT2D eigenvalue weighted by molar-refractivity contribution is 0.0109. The first-order valence-electron chi connectivity index (χ1n) is 6.29. The Morgan fingerprint density at radius 2 is 1.71 bits per heavy atom. The summed E-state index contributed by atoms with van der Waals surface area (Å²) in [5.41, 5.74) is 0.391. The summed E-state index contributed by atoms with van der Waals surface area (Å²) >= 11 is 0. The van der Waals surface area contributed by atoms with Crippen molar-refractivity contribution in [2.45, 2.75) is 64.9 Å². The van der Waals surface area contributed by atoms with Gasteiger partial charge in [0.2, 0.25) is 0 Å². The van der Waals surface area contributed by atoms with E-state index in [-0.39, 0.29) is 6.10 Å². The number of rotatable bonds is 2. The van der Waals surface area contributed by atoms with Crippen LogP contribution in [0.15, 0.2) is 0 Å². The second-order valence-electron chi connectivity index (χ2n) is 6.02. The first-order valence-corrected chi connectivity index (χ1v) is 6.29. The number of hydrogen-bond acceptors (Lipinski definition) is 1. The van der Waals surface area contributed by atoms with Crippen LogP contribution in [-0.2, 0) is 0 Å². The monoisotopic (exact) mass is 196 g/mol. The van der Waals surface area contributed by atoms with Crippen LogP contribution in [0.25, 0.3) is 0 Å². The highest BCUT2D eigenvalue weighted by atomic mass is 16.3. The van der Waals surface area contributed by atoms with E-state index in [1.54, 1.807) is 0 Å². The minimum absolute atomic E-state index is 0.00463. The Kier molecular flexibility index (Phi) is 2.88. The Balaban J connectivity index is 1.99. The molecule has 14 heavy (non-hydrogen) atoms.